The SMILES string of the molecule is CCn1nccc1N1CCC[C@H](NS(=O)(=O)c2cc(C(N)=O)n(C)c2)C1=O. The van der Waals surface area contributed by atoms with Crippen LogP contribution in [-0.4, -0.2) is 47.2 Å². The summed E-state index contributed by atoms with van der Waals surface area (Å²) < 4.78 is 30.9. The number of aromatic nitrogens is 3. The molecule has 1 aliphatic rings. The molecule has 2 aromatic rings. The minimum Gasteiger partial charge on any atom is -0.364 e. The van der Waals surface area contributed by atoms with Gasteiger partial charge in [0.25, 0.3) is 5.91 Å². The highest BCUT2D eigenvalue weighted by atomic mass is 32.2. The van der Waals surface area contributed by atoms with Crippen LogP contribution in [0, 0.1) is 0 Å². The molecule has 3 N–H and O–H groups in total. The number of amides is 2. The molecular weight excluding hydrogens is 372 g/mol. The average molecular weight is 394 g/mol. The number of carbonyl (C=O) groups excluding carboxylic acids is 2. The summed E-state index contributed by atoms with van der Waals surface area (Å²) in [5, 5.41) is 4.16. The summed E-state index contributed by atoms with van der Waals surface area (Å²) >= 11 is 0. The molecular formula is C16H22N6O4S. The number of hydrogen-bond acceptors (Lipinski definition) is 5. The Morgan fingerprint density at radius 1 is 1.44 bits per heavy atom. The molecule has 146 valence electrons. The van der Waals surface area contributed by atoms with Crippen LogP contribution >= 0.6 is 0 Å². The van der Waals surface area contributed by atoms with E-state index >= 15 is 0 Å². The predicted octanol–water partition coefficient (Wildman–Crippen LogP) is -0.186. The van der Waals surface area contributed by atoms with Gasteiger partial charge in [-0.1, -0.05) is 0 Å². The lowest BCUT2D eigenvalue weighted by atomic mass is 10.1. The standard InChI is InChI=1S/C16H22N6O4S/c1-3-22-14(6-7-18-22)21-8-4-5-12(16(21)24)19-27(25,26)11-9-13(15(17)23)20(2)10-11/h6-7,9-10,12,19H,3-5,8H2,1-2H3,(H2,17,23)/t12-/m0/s1. The van der Waals surface area contributed by atoms with E-state index in [0.717, 1.165) is 0 Å². The fourth-order valence-electron chi connectivity index (χ4n) is 3.19. The monoisotopic (exact) mass is 394 g/mol. The summed E-state index contributed by atoms with van der Waals surface area (Å²) in [5.74, 6) is -0.417. The molecule has 1 aliphatic heterocycles. The highest BCUT2D eigenvalue weighted by Gasteiger charge is 2.34. The Morgan fingerprint density at radius 2 is 2.19 bits per heavy atom. The first-order valence-electron chi connectivity index (χ1n) is 8.56. The van der Waals surface area contributed by atoms with E-state index in [9.17, 15) is 18.0 Å². The van der Waals surface area contributed by atoms with Gasteiger partial charge in [0.05, 0.1) is 6.20 Å². The third-order valence-electron chi connectivity index (χ3n) is 4.55. The van der Waals surface area contributed by atoms with Crippen molar-refractivity contribution in [2.45, 2.75) is 37.2 Å². The molecule has 1 saturated heterocycles. The third kappa shape index (κ3) is 3.60. The van der Waals surface area contributed by atoms with Gasteiger partial charge < -0.3 is 10.3 Å². The second-order valence-electron chi connectivity index (χ2n) is 6.35. The van der Waals surface area contributed by atoms with Gasteiger partial charge in [-0.3, -0.25) is 14.5 Å². The van der Waals surface area contributed by atoms with Crippen molar-refractivity contribution in [3.8, 4) is 0 Å². The Kier molecular flexibility index (Phi) is 5.07. The summed E-state index contributed by atoms with van der Waals surface area (Å²) in [6.45, 7) is 3.01. The first-order chi connectivity index (χ1) is 12.7. The Labute approximate surface area is 157 Å². The highest BCUT2D eigenvalue weighted by molar-refractivity contribution is 7.89. The van der Waals surface area contributed by atoms with Crippen molar-refractivity contribution in [2.75, 3.05) is 11.4 Å². The number of aryl methyl sites for hydroxylation is 2. The van der Waals surface area contributed by atoms with Crippen molar-refractivity contribution in [3.63, 3.8) is 0 Å². The summed E-state index contributed by atoms with van der Waals surface area (Å²) in [6.07, 6.45) is 3.94. The van der Waals surface area contributed by atoms with Crippen LogP contribution < -0.4 is 15.4 Å². The second kappa shape index (κ2) is 7.16. The Balaban J connectivity index is 1.83. The van der Waals surface area contributed by atoms with Crippen molar-refractivity contribution in [1.29, 1.82) is 0 Å². The number of piperidine rings is 1. The van der Waals surface area contributed by atoms with Gasteiger partial charge in [-0.15, -0.1) is 0 Å². The van der Waals surface area contributed by atoms with Crippen LogP contribution in [0.5, 0.6) is 0 Å². The van der Waals surface area contributed by atoms with Crippen LogP contribution in [0.25, 0.3) is 0 Å². The summed E-state index contributed by atoms with van der Waals surface area (Å²) in [4.78, 5) is 25.7. The molecule has 1 fully saturated rings. The number of hydrogen-bond donors (Lipinski definition) is 2. The number of nitrogens with one attached hydrogen (secondary N) is 1. The molecule has 0 aromatic carbocycles. The number of carbonyl (C=O) groups is 2. The van der Waals surface area contributed by atoms with E-state index in [1.807, 2.05) is 6.92 Å². The molecule has 1 atom stereocenters. The zero-order chi connectivity index (χ0) is 19.8. The Morgan fingerprint density at radius 3 is 2.81 bits per heavy atom. The normalized spacial score (nSPS) is 18.1. The predicted molar refractivity (Wildman–Crippen MR) is 97.5 cm³/mol. The van der Waals surface area contributed by atoms with E-state index in [1.54, 1.807) is 21.8 Å². The molecule has 0 saturated carbocycles. The van der Waals surface area contributed by atoms with Gasteiger partial charge in [-0.25, -0.2) is 13.1 Å². The number of anilines is 1. The summed E-state index contributed by atoms with van der Waals surface area (Å²) in [7, 11) is -2.46. The molecule has 11 heteroatoms. The maximum absolute atomic E-state index is 12.9. The van der Waals surface area contributed by atoms with Crippen LogP contribution in [0.2, 0.25) is 0 Å². The molecule has 2 aromatic heterocycles. The minimum atomic E-state index is -3.98. The molecule has 0 aliphatic carbocycles. The van der Waals surface area contributed by atoms with Crippen molar-refractivity contribution in [1.82, 2.24) is 19.1 Å². The first kappa shape index (κ1) is 19.1. The van der Waals surface area contributed by atoms with Crippen LogP contribution in [0.15, 0.2) is 29.4 Å². The van der Waals surface area contributed by atoms with Crippen molar-refractivity contribution < 1.29 is 18.0 Å². The van der Waals surface area contributed by atoms with Gasteiger partial charge in [-0.2, -0.15) is 9.82 Å². The quantitative estimate of drug-likeness (QED) is 0.701. The zero-order valence-corrected chi connectivity index (χ0v) is 15.9. The van der Waals surface area contributed by atoms with Gasteiger partial charge >= 0.3 is 0 Å². The number of primary amides is 1. The molecule has 0 unspecified atom stereocenters. The number of nitrogens with zero attached hydrogens (tertiary/aromatic N) is 4. The summed E-state index contributed by atoms with van der Waals surface area (Å²) in [5.41, 5.74) is 5.30. The van der Waals surface area contributed by atoms with Gasteiger partial charge in [0.1, 0.15) is 22.4 Å². The highest BCUT2D eigenvalue weighted by Crippen LogP contribution is 2.22. The molecule has 0 spiro atoms. The lowest BCUT2D eigenvalue weighted by Gasteiger charge is -2.32. The number of nitrogens with two attached hydrogens (primary N) is 1. The van der Waals surface area contributed by atoms with Crippen LogP contribution in [0.3, 0.4) is 0 Å². The van der Waals surface area contributed by atoms with E-state index in [4.69, 9.17) is 5.73 Å². The fraction of sp³-hybridized carbons (Fsp3) is 0.438. The second-order valence-corrected chi connectivity index (χ2v) is 8.06. The van der Waals surface area contributed by atoms with E-state index < -0.39 is 22.0 Å². The third-order valence-corrected chi connectivity index (χ3v) is 5.99. The average Bonchev–Trinajstić information content (AvgIpc) is 3.23. The molecule has 0 radical (unpaired) electrons. The smallest absolute Gasteiger partial charge is 0.265 e. The molecule has 0 bridgehead atoms. The number of sulfonamides is 1. The van der Waals surface area contributed by atoms with Crippen molar-refractivity contribution in [3.05, 3.63) is 30.2 Å². The maximum atomic E-state index is 12.9. The molecule has 27 heavy (non-hydrogen) atoms. The van der Waals surface area contributed by atoms with Crippen LogP contribution in [-0.2, 0) is 28.4 Å². The Bertz CT molecular complexity index is 977. The van der Waals surface area contributed by atoms with Crippen LogP contribution in [0.1, 0.15) is 30.3 Å². The lowest BCUT2D eigenvalue weighted by molar-refractivity contribution is -0.121. The van der Waals surface area contributed by atoms with Crippen molar-refractivity contribution in [2.24, 2.45) is 12.8 Å². The largest absolute Gasteiger partial charge is 0.364 e. The van der Waals surface area contributed by atoms with E-state index in [2.05, 4.69) is 9.82 Å². The fourth-order valence-corrected chi connectivity index (χ4v) is 4.49. The van der Waals surface area contributed by atoms with Gasteiger partial charge in [0, 0.05) is 32.4 Å². The van der Waals surface area contributed by atoms with Crippen LogP contribution in [0.4, 0.5) is 5.82 Å². The topological polar surface area (TPSA) is 132 Å². The first-order valence-corrected chi connectivity index (χ1v) is 10.0. The van der Waals surface area contributed by atoms with Gasteiger partial charge in [-0.05, 0) is 25.8 Å². The van der Waals surface area contributed by atoms with E-state index in [1.165, 1.54) is 23.9 Å². The number of rotatable bonds is 6. The van der Waals surface area contributed by atoms with Gasteiger partial charge in [0.2, 0.25) is 15.9 Å². The van der Waals surface area contributed by atoms with E-state index in [0.29, 0.717) is 31.7 Å². The van der Waals surface area contributed by atoms with E-state index in [-0.39, 0.29) is 16.5 Å². The molecule has 2 amide bonds. The summed E-state index contributed by atoms with van der Waals surface area (Å²) in [6, 6.07) is 2.04. The maximum Gasteiger partial charge on any atom is 0.265 e. The van der Waals surface area contributed by atoms with Gasteiger partial charge in [0.15, 0.2) is 0 Å². The zero-order valence-electron chi connectivity index (χ0n) is 15.1. The Hall–Kier alpha value is -2.66. The van der Waals surface area contributed by atoms with Crippen molar-refractivity contribution >= 4 is 27.7 Å². The lowest BCUT2D eigenvalue weighted by Crippen LogP contribution is -2.52. The molecule has 3 heterocycles. The minimum absolute atomic E-state index is 0.0684. The molecule has 3 rings (SSSR count). The molecule has 10 nitrogen and oxygen atoms in total.